The van der Waals surface area contributed by atoms with Crippen LogP contribution in [0, 0.1) is 5.92 Å². The van der Waals surface area contributed by atoms with Gasteiger partial charge in [0.2, 0.25) is 5.91 Å². The fourth-order valence-electron chi connectivity index (χ4n) is 1.46. The molecule has 1 fully saturated rings. The van der Waals surface area contributed by atoms with Crippen molar-refractivity contribution in [3.63, 3.8) is 0 Å². The third-order valence-corrected chi connectivity index (χ3v) is 3.19. The fraction of sp³-hybridized carbons (Fsp3) is 0.889. The molecule has 0 aliphatic heterocycles. The van der Waals surface area contributed by atoms with E-state index in [4.69, 9.17) is 0 Å². The Balaban J connectivity index is 1.80. The van der Waals surface area contributed by atoms with Gasteiger partial charge in [0.15, 0.2) is 0 Å². The van der Waals surface area contributed by atoms with Gasteiger partial charge in [-0.1, -0.05) is 19.3 Å². The third-order valence-electron chi connectivity index (χ3n) is 2.59. The van der Waals surface area contributed by atoms with Crippen LogP contribution in [-0.4, -0.2) is 19.0 Å². The van der Waals surface area contributed by atoms with Crippen LogP contribution in [0.5, 0.6) is 0 Å². The van der Waals surface area contributed by atoms with E-state index in [0.717, 1.165) is 19.0 Å². The van der Waals surface area contributed by atoms with Crippen LogP contribution >= 0.6 is 22.9 Å². The van der Waals surface area contributed by atoms with Gasteiger partial charge >= 0.3 is 0 Å². The maximum Gasteiger partial charge on any atom is 0.229 e. The minimum Gasteiger partial charge on any atom is -0.316 e. The van der Waals surface area contributed by atoms with Crippen LogP contribution in [0.25, 0.3) is 0 Å². The molecular weight excluding hydrogens is 279 g/mol. The van der Waals surface area contributed by atoms with Crippen LogP contribution in [0.2, 0.25) is 0 Å². The third kappa shape index (κ3) is 4.81. The molecular formula is C9H17IN2O. The highest BCUT2D eigenvalue weighted by atomic mass is 127. The zero-order valence-corrected chi connectivity index (χ0v) is 9.97. The summed E-state index contributed by atoms with van der Waals surface area (Å²) in [7, 11) is 0. The molecule has 4 heteroatoms. The maximum atomic E-state index is 10.8. The van der Waals surface area contributed by atoms with Gasteiger partial charge in [-0.25, -0.2) is 0 Å². The molecule has 2 N–H and O–H groups in total. The van der Waals surface area contributed by atoms with Gasteiger partial charge in [-0.05, 0) is 18.9 Å². The van der Waals surface area contributed by atoms with Crippen molar-refractivity contribution in [2.45, 2.75) is 32.1 Å². The van der Waals surface area contributed by atoms with Crippen LogP contribution in [0.15, 0.2) is 0 Å². The quantitative estimate of drug-likeness (QED) is 0.444. The van der Waals surface area contributed by atoms with E-state index < -0.39 is 0 Å². The lowest BCUT2D eigenvalue weighted by atomic mass is 9.83. The van der Waals surface area contributed by atoms with Crippen molar-refractivity contribution in [3.05, 3.63) is 0 Å². The van der Waals surface area contributed by atoms with E-state index in [-0.39, 0.29) is 5.91 Å². The number of carbonyl (C=O) groups is 1. The molecule has 0 saturated heterocycles. The molecule has 0 spiro atoms. The highest BCUT2D eigenvalue weighted by Gasteiger charge is 2.15. The van der Waals surface area contributed by atoms with Crippen LogP contribution in [0.4, 0.5) is 0 Å². The lowest BCUT2D eigenvalue weighted by molar-refractivity contribution is -0.118. The minimum atomic E-state index is 0.108. The molecule has 13 heavy (non-hydrogen) atoms. The Bertz CT molecular complexity index is 160. The standard InChI is InChI=1S/C9H17IN2O/c10-12-9(13)5-7-11-6-4-8-2-1-3-8/h8,11H,1-7H2,(H,12,13). The molecule has 3 nitrogen and oxygen atoms in total. The average molecular weight is 296 g/mol. The molecule has 0 radical (unpaired) electrons. The second-order valence-corrected chi connectivity index (χ2v) is 4.14. The Morgan fingerprint density at radius 3 is 2.69 bits per heavy atom. The van der Waals surface area contributed by atoms with Crippen molar-refractivity contribution in [1.29, 1.82) is 0 Å². The molecule has 0 aromatic carbocycles. The first-order valence-electron chi connectivity index (χ1n) is 4.93. The predicted molar refractivity (Wildman–Crippen MR) is 61.6 cm³/mol. The van der Waals surface area contributed by atoms with Crippen molar-refractivity contribution in [3.8, 4) is 0 Å². The molecule has 1 aliphatic rings. The molecule has 0 aromatic rings. The number of rotatable bonds is 6. The summed E-state index contributed by atoms with van der Waals surface area (Å²) >= 11 is 1.87. The molecule has 0 atom stereocenters. The summed E-state index contributed by atoms with van der Waals surface area (Å²) in [6.07, 6.45) is 6.12. The van der Waals surface area contributed by atoms with Crippen molar-refractivity contribution in [2.75, 3.05) is 13.1 Å². The number of halogens is 1. The van der Waals surface area contributed by atoms with Gasteiger partial charge in [-0.3, -0.25) is 8.32 Å². The Morgan fingerprint density at radius 2 is 2.15 bits per heavy atom. The first-order valence-corrected chi connectivity index (χ1v) is 6.01. The molecule has 76 valence electrons. The van der Waals surface area contributed by atoms with Gasteiger partial charge in [0.05, 0.1) is 22.9 Å². The van der Waals surface area contributed by atoms with Crippen molar-refractivity contribution < 1.29 is 4.79 Å². The number of amides is 1. The van der Waals surface area contributed by atoms with E-state index in [1.165, 1.54) is 25.7 Å². The summed E-state index contributed by atoms with van der Waals surface area (Å²) in [5, 5.41) is 3.29. The summed E-state index contributed by atoms with van der Waals surface area (Å²) in [5.74, 6) is 1.07. The Hall–Kier alpha value is 0.160. The number of hydrogen-bond acceptors (Lipinski definition) is 2. The molecule has 1 saturated carbocycles. The predicted octanol–water partition coefficient (Wildman–Crippen LogP) is 1.62. The van der Waals surface area contributed by atoms with Crippen LogP contribution < -0.4 is 8.85 Å². The first kappa shape index (κ1) is 11.2. The summed E-state index contributed by atoms with van der Waals surface area (Å²) in [4.78, 5) is 10.8. The van der Waals surface area contributed by atoms with Gasteiger partial charge in [0, 0.05) is 13.0 Å². The van der Waals surface area contributed by atoms with E-state index >= 15 is 0 Å². The van der Waals surface area contributed by atoms with E-state index in [2.05, 4.69) is 8.85 Å². The second-order valence-electron chi connectivity index (χ2n) is 3.60. The smallest absolute Gasteiger partial charge is 0.229 e. The number of hydrogen-bond donors (Lipinski definition) is 2. The first-order chi connectivity index (χ1) is 6.33. The Labute approximate surface area is 93.5 Å². The average Bonchev–Trinajstić information content (AvgIpc) is 2.07. The molecule has 0 bridgehead atoms. The van der Waals surface area contributed by atoms with E-state index in [1.807, 2.05) is 22.9 Å². The van der Waals surface area contributed by atoms with Crippen LogP contribution in [0.3, 0.4) is 0 Å². The highest BCUT2D eigenvalue weighted by molar-refractivity contribution is 14.1. The van der Waals surface area contributed by atoms with Crippen molar-refractivity contribution in [2.24, 2.45) is 5.92 Å². The fourth-order valence-corrected chi connectivity index (χ4v) is 1.73. The summed E-state index contributed by atoms with van der Waals surface area (Å²) in [6, 6.07) is 0. The zero-order chi connectivity index (χ0) is 9.52. The molecule has 0 unspecified atom stereocenters. The number of nitrogens with one attached hydrogen (secondary N) is 2. The van der Waals surface area contributed by atoms with E-state index in [0.29, 0.717) is 6.42 Å². The van der Waals surface area contributed by atoms with Crippen LogP contribution in [-0.2, 0) is 4.79 Å². The van der Waals surface area contributed by atoms with Gasteiger partial charge in [-0.15, -0.1) is 0 Å². The van der Waals surface area contributed by atoms with Crippen molar-refractivity contribution in [1.82, 2.24) is 8.85 Å². The molecule has 1 aliphatic carbocycles. The summed E-state index contributed by atoms with van der Waals surface area (Å²) in [5.41, 5.74) is 0. The Kier molecular flexibility index (Phi) is 5.70. The number of carbonyl (C=O) groups excluding carboxylic acids is 1. The largest absolute Gasteiger partial charge is 0.316 e. The topological polar surface area (TPSA) is 41.1 Å². The minimum absolute atomic E-state index is 0.108. The van der Waals surface area contributed by atoms with Gasteiger partial charge in [0.1, 0.15) is 0 Å². The molecule has 0 heterocycles. The monoisotopic (exact) mass is 296 g/mol. The summed E-state index contributed by atoms with van der Waals surface area (Å²) < 4.78 is 2.58. The Morgan fingerprint density at radius 1 is 1.38 bits per heavy atom. The van der Waals surface area contributed by atoms with Gasteiger partial charge in [-0.2, -0.15) is 0 Å². The van der Waals surface area contributed by atoms with Gasteiger partial charge < -0.3 is 5.32 Å². The lowest BCUT2D eigenvalue weighted by Gasteiger charge is -2.25. The van der Waals surface area contributed by atoms with Crippen molar-refractivity contribution >= 4 is 28.8 Å². The second kappa shape index (κ2) is 6.59. The van der Waals surface area contributed by atoms with Gasteiger partial charge in [0.25, 0.3) is 0 Å². The SMILES string of the molecule is O=C(CCNCCC1CCC1)NI. The molecule has 1 amide bonds. The zero-order valence-electron chi connectivity index (χ0n) is 7.81. The van der Waals surface area contributed by atoms with E-state index in [1.54, 1.807) is 0 Å². The summed E-state index contributed by atoms with van der Waals surface area (Å²) in [6.45, 7) is 1.88. The highest BCUT2D eigenvalue weighted by Crippen LogP contribution is 2.28. The van der Waals surface area contributed by atoms with Crippen LogP contribution in [0.1, 0.15) is 32.1 Å². The lowest BCUT2D eigenvalue weighted by Crippen LogP contribution is -2.25. The maximum absolute atomic E-state index is 10.8. The molecule has 0 aromatic heterocycles. The normalized spacial score (nSPS) is 16.7. The van der Waals surface area contributed by atoms with E-state index in [9.17, 15) is 4.79 Å². The molecule has 1 rings (SSSR count).